The summed E-state index contributed by atoms with van der Waals surface area (Å²) in [5.41, 5.74) is 4.13. The molecule has 3 rings (SSSR count). The molecule has 3 heterocycles. The average molecular weight is 209 g/mol. The summed E-state index contributed by atoms with van der Waals surface area (Å²) in [5, 5.41) is 11.0. The van der Waals surface area contributed by atoms with Crippen LogP contribution in [0, 0.1) is 0 Å². The lowest BCUT2D eigenvalue weighted by Crippen LogP contribution is -2.11. The molecule has 2 aliphatic heterocycles. The molecule has 3 nitrogen and oxygen atoms in total. The van der Waals surface area contributed by atoms with Gasteiger partial charge in [0.05, 0.1) is 11.4 Å². The van der Waals surface area contributed by atoms with Crippen molar-refractivity contribution in [1.82, 2.24) is 15.5 Å². The van der Waals surface area contributed by atoms with Gasteiger partial charge in [0.15, 0.2) is 0 Å². The molecule has 0 amide bonds. The molecule has 0 spiro atoms. The number of nitrogens with one attached hydrogen (secondary N) is 2. The van der Waals surface area contributed by atoms with Crippen molar-refractivity contribution >= 4 is 11.8 Å². The molecule has 1 fully saturated rings. The summed E-state index contributed by atoms with van der Waals surface area (Å²) in [6.07, 6.45) is 2.62. The molecule has 0 aliphatic carbocycles. The van der Waals surface area contributed by atoms with Crippen molar-refractivity contribution in [1.29, 1.82) is 0 Å². The maximum Gasteiger partial charge on any atom is 0.0701 e. The van der Waals surface area contributed by atoms with Crippen molar-refractivity contribution in [2.24, 2.45) is 0 Å². The highest BCUT2D eigenvalue weighted by atomic mass is 32.2. The van der Waals surface area contributed by atoms with Gasteiger partial charge in [0.25, 0.3) is 0 Å². The molecule has 0 unspecified atom stereocenters. The van der Waals surface area contributed by atoms with Crippen molar-refractivity contribution in [3.63, 3.8) is 0 Å². The van der Waals surface area contributed by atoms with E-state index >= 15 is 0 Å². The Morgan fingerprint density at radius 3 is 2.93 bits per heavy atom. The lowest BCUT2D eigenvalue weighted by atomic mass is 9.95. The van der Waals surface area contributed by atoms with Gasteiger partial charge in [0, 0.05) is 24.6 Å². The number of H-pyrrole nitrogens is 1. The molecule has 76 valence electrons. The number of aromatic nitrogens is 2. The van der Waals surface area contributed by atoms with E-state index in [2.05, 4.69) is 27.3 Å². The van der Waals surface area contributed by atoms with Crippen LogP contribution in [-0.4, -0.2) is 21.7 Å². The number of fused-ring (bicyclic) bond motifs is 1. The van der Waals surface area contributed by atoms with Crippen LogP contribution in [0.3, 0.4) is 0 Å². The normalized spacial score (nSPS) is 22.6. The summed E-state index contributed by atoms with van der Waals surface area (Å²) >= 11 is 2.08. The number of rotatable bonds is 1. The third-order valence-electron chi connectivity index (χ3n) is 3.20. The fraction of sp³-hybridized carbons (Fsp3) is 0.700. The Kier molecular flexibility index (Phi) is 2.25. The van der Waals surface area contributed by atoms with Crippen LogP contribution in [0.1, 0.15) is 35.7 Å². The molecule has 0 aromatic carbocycles. The Morgan fingerprint density at radius 2 is 2.07 bits per heavy atom. The van der Waals surface area contributed by atoms with Gasteiger partial charge >= 0.3 is 0 Å². The molecule has 1 aromatic rings. The third kappa shape index (κ3) is 1.37. The predicted octanol–water partition coefficient (Wildman–Crippen LogP) is 1.62. The zero-order valence-electron chi connectivity index (χ0n) is 8.18. The number of hydrogen-bond acceptors (Lipinski definition) is 3. The number of thioether (sulfide) groups is 1. The maximum atomic E-state index is 4.49. The van der Waals surface area contributed by atoms with Crippen molar-refractivity contribution in [3.05, 3.63) is 17.0 Å². The standard InChI is InChI=1S/C10H15N3S/c1-3-14-4-2-7(1)10-8-5-11-6-9(8)12-13-10/h7,11H,1-6H2,(H,12,13). The molecular formula is C10H15N3S. The lowest BCUT2D eigenvalue weighted by molar-refractivity contribution is 0.604. The van der Waals surface area contributed by atoms with E-state index in [0.717, 1.165) is 19.0 Å². The van der Waals surface area contributed by atoms with Crippen molar-refractivity contribution in [2.45, 2.75) is 31.8 Å². The fourth-order valence-electron chi connectivity index (χ4n) is 2.38. The SMILES string of the molecule is C1CC(c2n[nH]c3c2CNC3)CCS1. The van der Waals surface area contributed by atoms with Gasteiger partial charge in [0.1, 0.15) is 0 Å². The van der Waals surface area contributed by atoms with E-state index in [9.17, 15) is 0 Å². The summed E-state index contributed by atoms with van der Waals surface area (Å²) < 4.78 is 0. The second-order valence-corrected chi connectivity index (χ2v) is 5.28. The Bertz CT molecular complexity index is 328. The predicted molar refractivity (Wildman–Crippen MR) is 58.4 cm³/mol. The summed E-state index contributed by atoms with van der Waals surface area (Å²) in [5.74, 6) is 3.33. The van der Waals surface area contributed by atoms with Crippen LogP contribution >= 0.6 is 11.8 Å². The summed E-state index contributed by atoms with van der Waals surface area (Å²) in [6, 6.07) is 0. The first kappa shape index (κ1) is 8.80. The molecule has 2 aliphatic rings. The molecule has 1 aromatic heterocycles. The van der Waals surface area contributed by atoms with Crippen molar-refractivity contribution in [2.75, 3.05) is 11.5 Å². The second kappa shape index (κ2) is 3.59. The zero-order valence-corrected chi connectivity index (χ0v) is 8.99. The van der Waals surface area contributed by atoms with E-state index < -0.39 is 0 Å². The molecule has 2 N–H and O–H groups in total. The van der Waals surface area contributed by atoms with Crippen LogP contribution in [0.25, 0.3) is 0 Å². The molecule has 0 saturated carbocycles. The fourth-order valence-corrected chi connectivity index (χ4v) is 3.49. The van der Waals surface area contributed by atoms with Crippen LogP contribution in [0.5, 0.6) is 0 Å². The minimum Gasteiger partial charge on any atom is -0.307 e. The monoisotopic (exact) mass is 209 g/mol. The number of nitrogens with zero attached hydrogens (tertiary/aromatic N) is 1. The Labute approximate surface area is 88.0 Å². The Balaban J connectivity index is 1.88. The summed E-state index contributed by atoms with van der Waals surface area (Å²) in [4.78, 5) is 0. The largest absolute Gasteiger partial charge is 0.307 e. The molecular weight excluding hydrogens is 194 g/mol. The van der Waals surface area contributed by atoms with Gasteiger partial charge in [-0.3, -0.25) is 5.10 Å². The third-order valence-corrected chi connectivity index (χ3v) is 4.25. The molecule has 0 atom stereocenters. The highest BCUT2D eigenvalue weighted by Gasteiger charge is 2.25. The van der Waals surface area contributed by atoms with Crippen LogP contribution < -0.4 is 5.32 Å². The van der Waals surface area contributed by atoms with Gasteiger partial charge in [-0.2, -0.15) is 16.9 Å². The second-order valence-electron chi connectivity index (χ2n) is 4.06. The first-order valence-electron chi connectivity index (χ1n) is 5.29. The smallest absolute Gasteiger partial charge is 0.0701 e. The highest BCUT2D eigenvalue weighted by molar-refractivity contribution is 7.99. The molecule has 4 heteroatoms. The van der Waals surface area contributed by atoms with E-state index in [1.54, 1.807) is 0 Å². The first-order valence-corrected chi connectivity index (χ1v) is 6.45. The number of aromatic amines is 1. The van der Waals surface area contributed by atoms with Crippen LogP contribution in [0.2, 0.25) is 0 Å². The average Bonchev–Trinajstić information content (AvgIpc) is 2.79. The van der Waals surface area contributed by atoms with Gasteiger partial charge in [-0.1, -0.05) is 0 Å². The Morgan fingerprint density at radius 1 is 1.21 bits per heavy atom. The summed E-state index contributed by atoms with van der Waals surface area (Å²) in [7, 11) is 0. The van der Waals surface area contributed by atoms with E-state index in [1.807, 2.05) is 0 Å². The van der Waals surface area contributed by atoms with Crippen LogP contribution in [-0.2, 0) is 13.1 Å². The van der Waals surface area contributed by atoms with Gasteiger partial charge in [-0.15, -0.1) is 0 Å². The van der Waals surface area contributed by atoms with Crippen LogP contribution in [0.4, 0.5) is 0 Å². The Hall–Kier alpha value is -0.480. The van der Waals surface area contributed by atoms with Gasteiger partial charge in [-0.05, 0) is 24.3 Å². The minimum absolute atomic E-state index is 0.719. The van der Waals surface area contributed by atoms with E-state index in [-0.39, 0.29) is 0 Å². The molecule has 0 bridgehead atoms. The summed E-state index contributed by atoms with van der Waals surface area (Å²) in [6.45, 7) is 1.99. The first-order chi connectivity index (χ1) is 6.95. The van der Waals surface area contributed by atoms with Gasteiger partial charge in [0.2, 0.25) is 0 Å². The maximum absolute atomic E-state index is 4.49. The van der Waals surface area contributed by atoms with E-state index in [1.165, 1.54) is 41.3 Å². The highest BCUT2D eigenvalue weighted by Crippen LogP contribution is 2.33. The zero-order chi connectivity index (χ0) is 9.38. The van der Waals surface area contributed by atoms with Crippen molar-refractivity contribution in [3.8, 4) is 0 Å². The topological polar surface area (TPSA) is 40.7 Å². The van der Waals surface area contributed by atoms with Gasteiger partial charge in [-0.25, -0.2) is 0 Å². The quantitative estimate of drug-likeness (QED) is 0.738. The van der Waals surface area contributed by atoms with E-state index in [0.29, 0.717) is 0 Å². The minimum atomic E-state index is 0.719. The molecule has 0 radical (unpaired) electrons. The van der Waals surface area contributed by atoms with Crippen molar-refractivity contribution < 1.29 is 0 Å². The molecule has 1 saturated heterocycles. The van der Waals surface area contributed by atoms with E-state index in [4.69, 9.17) is 0 Å². The van der Waals surface area contributed by atoms with Crippen LogP contribution in [0.15, 0.2) is 0 Å². The lowest BCUT2D eigenvalue weighted by Gasteiger charge is -2.20. The van der Waals surface area contributed by atoms with Gasteiger partial charge < -0.3 is 5.32 Å². The molecule has 14 heavy (non-hydrogen) atoms. The number of hydrogen-bond donors (Lipinski definition) is 2.